The van der Waals surface area contributed by atoms with Crippen molar-refractivity contribution in [3.8, 4) is 5.82 Å². The zero-order chi connectivity index (χ0) is 12.9. The standard InChI is InChI=1S/C13H12N6/c1-2-5-14-11(4-1)9-15-12-8-13(17-10-16-12)19-7-3-6-18-19/h1-8,10H,9H2,(H,15,16,17). The molecule has 3 aromatic rings. The molecule has 0 amide bonds. The number of aromatic nitrogens is 5. The van der Waals surface area contributed by atoms with E-state index in [0.29, 0.717) is 6.54 Å². The second-order valence-corrected chi connectivity index (χ2v) is 3.89. The summed E-state index contributed by atoms with van der Waals surface area (Å²) in [6.07, 6.45) is 6.83. The van der Waals surface area contributed by atoms with E-state index in [1.807, 2.05) is 36.5 Å². The summed E-state index contributed by atoms with van der Waals surface area (Å²) in [4.78, 5) is 12.6. The van der Waals surface area contributed by atoms with E-state index in [4.69, 9.17) is 0 Å². The minimum atomic E-state index is 0.621. The number of rotatable bonds is 4. The van der Waals surface area contributed by atoms with Gasteiger partial charge in [-0.1, -0.05) is 6.07 Å². The Bertz CT molecular complexity index is 635. The van der Waals surface area contributed by atoms with Gasteiger partial charge in [0.1, 0.15) is 12.1 Å². The molecule has 94 valence electrons. The van der Waals surface area contributed by atoms with Crippen molar-refractivity contribution in [1.29, 1.82) is 0 Å². The number of anilines is 1. The second-order valence-electron chi connectivity index (χ2n) is 3.89. The van der Waals surface area contributed by atoms with Crippen LogP contribution in [0.25, 0.3) is 5.82 Å². The van der Waals surface area contributed by atoms with Crippen LogP contribution in [0.4, 0.5) is 5.82 Å². The van der Waals surface area contributed by atoms with Gasteiger partial charge in [-0.3, -0.25) is 4.98 Å². The summed E-state index contributed by atoms with van der Waals surface area (Å²) < 4.78 is 1.69. The van der Waals surface area contributed by atoms with Crippen molar-refractivity contribution in [1.82, 2.24) is 24.7 Å². The smallest absolute Gasteiger partial charge is 0.158 e. The highest BCUT2D eigenvalue weighted by Crippen LogP contribution is 2.08. The minimum absolute atomic E-state index is 0.621. The van der Waals surface area contributed by atoms with Gasteiger partial charge in [-0.2, -0.15) is 5.10 Å². The third kappa shape index (κ3) is 2.74. The zero-order valence-corrected chi connectivity index (χ0v) is 10.1. The highest BCUT2D eigenvalue weighted by Gasteiger charge is 2.01. The molecule has 19 heavy (non-hydrogen) atoms. The molecule has 0 aliphatic heterocycles. The molecular formula is C13H12N6. The molecule has 3 rings (SSSR count). The monoisotopic (exact) mass is 252 g/mol. The molecule has 0 saturated heterocycles. The van der Waals surface area contributed by atoms with Gasteiger partial charge in [0.25, 0.3) is 0 Å². The first-order valence-corrected chi connectivity index (χ1v) is 5.88. The van der Waals surface area contributed by atoms with Crippen LogP contribution in [0.5, 0.6) is 0 Å². The van der Waals surface area contributed by atoms with Gasteiger partial charge >= 0.3 is 0 Å². The number of nitrogens with zero attached hydrogens (tertiary/aromatic N) is 5. The molecule has 3 aromatic heterocycles. The van der Waals surface area contributed by atoms with Gasteiger partial charge in [-0.15, -0.1) is 0 Å². The summed E-state index contributed by atoms with van der Waals surface area (Å²) in [6, 6.07) is 9.50. The lowest BCUT2D eigenvalue weighted by molar-refractivity contribution is 0.838. The summed E-state index contributed by atoms with van der Waals surface area (Å²) in [6.45, 7) is 0.621. The molecule has 6 heteroatoms. The molecule has 0 aliphatic carbocycles. The van der Waals surface area contributed by atoms with Gasteiger partial charge < -0.3 is 5.32 Å². The third-order valence-electron chi connectivity index (χ3n) is 2.57. The maximum atomic E-state index is 4.24. The van der Waals surface area contributed by atoms with Crippen LogP contribution in [-0.4, -0.2) is 24.7 Å². The van der Waals surface area contributed by atoms with Crippen LogP contribution in [0.3, 0.4) is 0 Å². The molecule has 0 saturated carbocycles. The lowest BCUT2D eigenvalue weighted by atomic mass is 10.3. The summed E-state index contributed by atoms with van der Waals surface area (Å²) in [5.74, 6) is 1.47. The van der Waals surface area contributed by atoms with Crippen LogP contribution in [0.1, 0.15) is 5.69 Å². The highest BCUT2D eigenvalue weighted by atomic mass is 15.3. The van der Waals surface area contributed by atoms with Crippen LogP contribution in [0, 0.1) is 0 Å². The SMILES string of the molecule is c1ccc(CNc2cc(-n3cccn3)ncn2)nc1. The Labute approximate surface area is 110 Å². The molecule has 0 unspecified atom stereocenters. The molecule has 0 bridgehead atoms. The van der Waals surface area contributed by atoms with Crippen molar-refractivity contribution in [2.45, 2.75) is 6.54 Å². The van der Waals surface area contributed by atoms with E-state index >= 15 is 0 Å². The maximum absolute atomic E-state index is 4.24. The maximum Gasteiger partial charge on any atom is 0.158 e. The fourth-order valence-electron chi connectivity index (χ4n) is 1.66. The van der Waals surface area contributed by atoms with Crippen molar-refractivity contribution in [2.24, 2.45) is 0 Å². The van der Waals surface area contributed by atoms with E-state index < -0.39 is 0 Å². The van der Waals surface area contributed by atoms with E-state index in [1.165, 1.54) is 6.33 Å². The van der Waals surface area contributed by atoms with E-state index in [2.05, 4.69) is 25.4 Å². The van der Waals surface area contributed by atoms with Crippen molar-refractivity contribution in [3.63, 3.8) is 0 Å². The van der Waals surface area contributed by atoms with E-state index in [1.54, 1.807) is 17.1 Å². The van der Waals surface area contributed by atoms with Crippen LogP contribution in [-0.2, 0) is 6.54 Å². The fourth-order valence-corrected chi connectivity index (χ4v) is 1.66. The van der Waals surface area contributed by atoms with E-state index in [-0.39, 0.29) is 0 Å². The first kappa shape index (κ1) is 11.3. The fraction of sp³-hybridized carbons (Fsp3) is 0.0769. The number of pyridine rings is 1. The Morgan fingerprint density at radius 2 is 2.05 bits per heavy atom. The van der Waals surface area contributed by atoms with Crippen molar-refractivity contribution in [3.05, 3.63) is 60.9 Å². The van der Waals surface area contributed by atoms with E-state index in [0.717, 1.165) is 17.3 Å². The predicted octanol–water partition coefficient (Wildman–Crippen LogP) is 1.67. The normalized spacial score (nSPS) is 10.3. The zero-order valence-electron chi connectivity index (χ0n) is 10.1. The molecular weight excluding hydrogens is 240 g/mol. The molecule has 0 atom stereocenters. The number of hydrogen-bond acceptors (Lipinski definition) is 5. The molecule has 0 radical (unpaired) electrons. The van der Waals surface area contributed by atoms with Gasteiger partial charge in [0.05, 0.1) is 12.2 Å². The molecule has 6 nitrogen and oxygen atoms in total. The van der Waals surface area contributed by atoms with Gasteiger partial charge in [-0.05, 0) is 18.2 Å². The van der Waals surface area contributed by atoms with Gasteiger partial charge in [0.15, 0.2) is 5.82 Å². The quantitative estimate of drug-likeness (QED) is 0.765. The Hall–Kier alpha value is -2.76. The van der Waals surface area contributed by atoms with Crippen LogP contribution >= 0.6 is 0 Å². The van der Waals surface area contributed by atoms with Crippen molar-refractivity contribution in [2.75, 3.05) is 5.32 Å². The summed E-state index contributed by atoms with van der Waals surface area (Å²) in [5.41, 5.74) is 0.960. The topological polar surface area (TPSA) is 68.5 Å². The van der Waals surface area contributed by atoms with E-state index in [9.17, 15) is 0 Å². The number of nitrogens with one attached hydrogen (secondary N) is 1. The Morgan fingerprint density at radius 1 is 1.05 bits per heavy atom. The minimum Gasteiger partial charge on any atom is -0.364 e. The largest absolute Gasteiger partial charge is 0.364 e. The lowest BCUT2D eigenvalue weighted by Gasteiger charge is -2.06. The lowest BCUT2D eigenvalue weighted by Crippen LogP contribution is -2.05. The average Bonchev–Trinajstić information content (AvgIpc) is 3.01. The first-order chi connectivity index (χ1) is 9.42. The van der Waals surface area contributed by atoms with Crippen molar-refractivity contribution >= 4 is 5.82 Å². The molecule has 0 aliphatic rings. The van der Waals surface area contributed by atoms with Gasteiger partial charge in [0, 0.05) is 24.7 Å². The van der Waals surface area contributed by atoms with Crippen LogP contribution < -0.4 is 5.32 Å². The second kappa shape index (κ2) is 5.26. The molecule has 3 heterocycles. The highest BCUT2D eigenvalue weighted by molar-refractivity contribution is 5.40. The molecule has 0 fully saturated rings. The van der Waals surface area contributed by atoms with Crippen LogP contribution in [0.15, 0.2) is 55.2 Å². The molecule has 0 aromatic carbocycles. The molecule has 0 spiro atoms. The summed E-state index contributed by atoms with van der Waals surface area (Å²) >= 11 is 0. The van der Waals surface area contributed by atoms with Gasteiger partial charge in [-0.25, -0.2) is 14.6 Å². The summed E-state index contributed by atoms with van der Waals surface area (Å²) in [5, 5.41) is 7.34. The van der Waals surface area contributed by atoms with Crippen LogP contribution in [0.2, 0.25) is 0 Å². The molecule has 1 N–H and O–H groups in total. The van der Waals surface area contributed by atoms with Gasteiger partial charge in [0.2, 0.25) is 0 Å². The van der Waals surface area contributed by atoms with Crippen molar-refractivity contribution < 1.29 is 0 Å². The third-order valence-corrected chi connectivity index (χ3v) is 2.57. The Balaban J connectivity index is 1.74. The summed E-state index contributed by atoms with van der Waals surface area (Å²) in [7, 11) is 0. The Kier molecular flexibility index (Phi) is 3.14. The first-order valence-electron chi connectivity index (χ1n) is 5.88. The predicted molar refractivity (Wildman–Crippen MR) is 70.7 cm³/mol. The average molecular weight is 252 g/mol. The number of hydrogen-bond donors (Lipinski definition) is 1. The Morgan fingerprint density at radius 3 is 2.84 bits per heavy atom.